The van der Waals surface area contributed by atoms with Gasteiger partial charge in [0, 0.05) is 18.3 Å². The molecule has 2 unspecified atom stereocenters. The highest BCUT2D eigenvalue weighted by atomic mass is 32.2. The second kappa shape index (κ2) is 18.0. The number of alkyl halides is 3. The van der Waals surface area contributed by atoms with E-state index in [4.69, 9.17) is 23.9 Å². The van der Waals surface area contributed by atoms with E-state index in [1.54, 1.807) is 38.1 Å². The monoisotopic (exact) mass is 720 g/mol. The Bertz CT molecular complexity index is 1760. The molecule has 0 aliphatic carbocycles. The van der Waals surface area contributed by atoms with Crippen molar-refractivity contribution in [1.29, 1.82) is 0 Å². The second-order valence-electron chi connectivity index (χ2n) is 10.9. The molecule has 13 nitrogen and oxygen atoms in total. The van der Waals surface area contributed by atoms with Crippen LogP contribution < -0.4 is 10.1 Å². The van der Waals surface area contributed by atoms with Gasteiger partial charge in [0.1, 0.15) is 31.0 Å². The summed E-state index contributed by atoms with van der Waals surface area (Å²) >= 11 is 0. The maximum Gasteiger partial charge on any atom is 0.416 e. The van der Waals surface area contributed by atoms with Crippen LogP contribution in [0, 0.1) is 6.92 Å². The number of nitrogens with one attached hydrogen (secondary N) is 1. The van der Waals surface area contributed by atoms with Crippen molar-refractivity contribution >= 4 is 28.0 Å². The van der Waals surface area contributed by atoms with Crippen molar-refractivity contribution in [3.05, 3.63) is 105 Å². The quantitative estimate of drug-likeness (QED) is 0.0641. The van der Waals surface area contributed by atoms with Gasteiger partial charge >= 0.3 is 18.1 Å². The number of esters is 2. The van der Waals surface area contributed by atoms with Crippen LogP contribution in [0.15, 0.2) is 82.8 Å². The summed E-state index contributed by atoms with van der Waals surface area (Å²) in [6.45, 7) is 3.70. The molecule has 3 aromatic carbocycles. The minimum Gasteiger partial charge on any atom is -0.490 e. The predicted molar refractivity (Wildman–Crippen MR) is 172 cm³/mol. The number of benzene rings is 3. The summed E-state index contributed by atoms with van der Waals surface area (Å²) in [4.78, 5) is 40.0. The number of ether oxygens (including phenoxy) is 3. The third-order valence-electron chi connectivity index (χ3n) is 6.94. The molecule has 0 fully saturated rings. The number of azide groups is 1. The second-order valence-corrected chi connectivity index (χ2v) is 12.5. The average molecular weight is 721 g/mol. The molecule has 0 aliphatic heterocycles. The van der Waals surface area contributed by atoms with Crippen LogP contribution in [0.3, 0.4) is 0 Å². The van der Waals surface area contributed by atoms with Crippen molar-refractivity contribution in [2.24, 2.45) is 5.11 Å². The largest absolute Gasteiger partial charge is 0.490 e. The Morgan fingerprint density at radius 2 is 1.52 bits per heavy atom. The van der Waals surface area contributed by atoms with Gasteiger partial charge in [-0.3, -0.25) is 13.8 Å². The van der Waals surface area contributed by atoms with Crippen LogP contribution >= 0.6 is 0 Å². The number of hydrogen-bond donors (Lipinski definition) is 1. The number of rotatable bonds is 17. The van der Waals surface area contributed by atoms with Crippen LogP contribution in [-0.4, -0.2) is 64.3 Å². The average Bonchev–Trinajstić information content (AvgIpc) is 3.06. The number of carbonyl (C=O) groups is 3. The first-order chi connectivity index (χ1) is 23.6. The molecular formula is C33H35F3N4O9S. The van der Waals surface area contributed by atoms with Gasteiger partial charge in [0.15, 0.2) is 6.10 Å². The minimum atomic E-state index is -4.55. The molecule has 1 N–H and O–H groups in total. The van der Waals surface area contributed by atoms with Crippen LogP contribution in [0.1, 0.15) is 36.1 Å². The van der Waals surface area contributed by atoms with Gasteiger partial charge in [-0.15, -0.1) is 0 Å². The molecule has 268 valence electrons. The maximum atomic E-state index is 13.1. The number of hydrogen-bond acceptors (Lipinski definition) is 10. The topological polar surface area (TPSA) is 183 Å². The summed E-state index contributed by atoms with van der Waals surface area (Å²) in [5.74, 6) is -2.04. The molecule has 0 spiro atoms. The first kappa shape index (κ1) is 39.3. The number of amides is 1. The molecule has 0 aromatic heterocycles. The van der Waals surface area contributed by atoms with Gasteiger partial charge in [-0.25, -0.2) is 4.79 Å². The van der Waals surface area contributed by atoms with Crippen molar-refractivity contribution in [3.63, 3.8) is 0 Å². The molecule has 0 aliphatic rings. The van der Waals surface area contributed by atoms with Crippen molar-refractivity contribution in [1.82, 2.24) is 5.32 Å². The van der Waals surface area contributed by atoms with E-state index < -0.39 is 64.5 Å². The Kier molecular flexibility index (Phi) is 14.2. The lowest BCUT2D eigenvalue weighted by atomic mass is 10.0. The van der Waals surface area contributed by atoms with E-state index in [0.717, 1.165) is 24.6 Å². The lowest BCUT2D eigenvalue weighted by molar-refractivity contribution is -0.149. The van der Waals surface area contributed by atoms with E-state index in [1.165, 1.54) is 36.4 Å². The molecular weight excluding hydrogens is 685 g/mol. The van der Waals surface area contributed by atoms with Crippen molar-refractivity contribution in [2.75, 3.05) is 19.8 Å². The number of carbonyl (C=O) groups excluding carboxylic acids is 3. The molecule has 3 atom stereocenters. The predicted octanol–water partition coefficient (Wildman–Crippen LogP) is 5.24. The highest BCUT2D eigenvalue weighted by Gasteiger charge is 2.31. The molecule has 50 heavy (non-hydrogen) atoms. The summed E-state index contributed by atoms with van der Waals surface area (Å²) in [7, 11) is -4.13. The molecule has 0 radical (unpaired) electrons. The van der Waals surface area contributed by atoms with Gasteiger partial charge < -0.3 is 19.5 Å². The van der Waals surface area contributed by atoms with Gasteiger partial charge in [0.25, 0.3) is 10.1 Å². The van der Waals surface area contributed by atoms with Gasteiger partial charge in [-0.05, 0) is 73.3 Å². The highest BCUT2D eigenvalue weighted by molar-refractivity contribution is 7.86. The summed E-state index contributed by atoms with van der Waals surface area (Å²) in [5.41, 5.74) is 9.93. The fourth-order valence-electron chi connectivity index (χ4n) is 4.44. The van der Waals surface area contributed by atoms with Crippen LogP contribution in [0.2, 0.25) is 0 Å². The van der Waals surface area contributed by atoms with E-state index in [9.17, 15) is 36.0 Å². The van der Waals surface area contributed by atoms with Crippen LogP contribution in [0.25, 0.3) is 10.4 Å². The molecule has 0 saturated carbocycles. The third-order valence-corrected chi connectivity index (χ3v) is 8.24. The van der Waals surface area contributed by atoms with E-state index in [2.05, 4.69) is 15.3 Å². The number of nitrogens with zero attached hydrogens (tertiary/aromatic N) is 3. The maximum absolute atomic E-state index is 13.1. The van der Waals surface area contributed by atoms with E-state index in [1.807, 2.05) is 0 Å². The lowest BCUT2D eigenvalue weighted by Gasteiger charge is -2.20. The molecule has 1 amide bonds. The molecule has 3 rings (SSSR count). The zero-order valence-corrected chi connectivity index (χ0v) is 28.1. The first-order valence-corrected chi connectivity index (χ1v) is 16.5. The van der Waals surface area contributed by atoms with Crippen LogP contribution in [0.5, 0.6) is 5.75 Å². The normalized spacial score (nSPS) is 13.2. The van der Waals surface area contributed by atoms with E-state index >= 15 is 0 Å². The highest BCUT2D eigenvalue weighted by Crippen LogP contribution is 2.29. The molecule has 0 bridgehead atoms. The summed E-state index contributed by atoms with van der Waals surface area (Å²) < 4.78 is 84.9. The summed E-state index contributed by atoms with van der Waals surface area (Å²) in [5, 5.41) is 6.02. The Morgan fingerprint density at radius 3 is 2.08 bits per heavy atom. The fourth-order valence-corrected chi connectivity index (χ4v) is 5.38. The van der Waals surface area contributed by atoms with Gasteiger partial charge in [-0.1, -0.05) is 47.1 Å². The Hall–Kier alpha value is -5.12. The SMILES string of the molecule is CCOC(=O)[C@H](Cc1ccc(C(F)(F)F)cc1)NC(=O)C(Cc1ccc(OCC(COS(=O)(=O)c2ccc(C)cc2)OC(C)=O)cc1)N=[N+]=[N-]. The Labute approximate surface area is 286 Å². The summed E-state index contributed by atoms with van der Waals surface area (Å²) in [6, 6.07) is 13.6. The van der Waals surface area contributed by atoms with Crippen LogP contribution in [-0.2, 0) is 57.2 Å². The summed E-state index contributed by atoms with van der Waals surface area (Å²) in [6.07, 6.45) is -5.92. The molecule has 0 heterocycles. The molecule has 17 heteroatoms. The van der Waals surface area contributed by atoms with Crippen LogP contribution in [0.4, 0.5) is 13.2 Å². The fraction of sp³-hybridized carbons (Fsp3) is 0.364. The first-order valence-electron chi connectivity index (χ1n) is 15.1. The van der Waals surface area contributed by atoms with Crippen molar-refractivity contribution in [3.8, 4) is 5.75 Å². The smallest absolute Gasteiger partial charge is 0.416 e. The number of halogens is 3. The number of aryl methyl sites for hydroxylation is 1. The Morgan fingerprint density at radius 1 is 0.920 bits per heavy atom. The third kappa shape index (κ3) is 12.4. The van der Waals surface area contributed by atoms with Gasteiger partial charge in [0.05, 0.1) is 17.1 Å². The van der Waals surface area contributed by atoms with Gasteiger partial charge in [-0.2, -0.15) is 21.6 Å². The van der Waals surface area contributed by atoms with Crippen molar-refractivity contribution in [2.45, 2.75) is 62.9 Å². The minimum absolute atomic E-state index is 0.0202. The molecule has 0 saturated heterocycles. The standard InChI is InChI=1S/C33H35F3N4O9S/c1-4-46-32(43)30(18-23-7-11-25(12-8-23)33(34,35)36)38-31(42)29(39-40-37)17-24-9-13-26(14-10-24)47-19-27(49-22(3)41)20-48-50(44,45)28-15-5-21(2)6-16-28/h5-16,27,29-30H,4,17-20H2,1-3H3,(H,38,42)/t27?,29?,30-/m0/s1. The molecule has 3 aromatic rings. The lowest BCUT2D eigenvalue weighted by Crippen LogP contribution is -2.47. The Balaban J connectivity index is 1.64. The zero-order valence-electron chi connectivity index (χ0n) is 27.3. The van der Waals surface area contributed by atoms with E-state index in [-0.39, 0.29) is 36.7 Å². The zero-order chi connectivity index (χ0) is 36.9. The van der Waals surface area contributed by atoms with E-state index in [0.29, 0.717) is 11.1 Å². The van der Waals surface area contributed by atoms with Crippen molar-refractivity contribution < 1.29 is 54.4 Å². The van der Waals surface area contributed by atoms with Gasteiger partial charge in [0.2, 0.25) is 5.91 Å².